The molecule has 1 heterocycles. The lowest BCUT2D eigenvalue weighted by Crippen LogP contribution is -2.05. The highest BCUT2D eigenvalue weighted by atomic mass is 16.3. The van der Waals surface area contributed by atoms with Gasteiger partial charge in [0, 0.05) is 19.0 Å². The third-order valence-electron chi connectivity index (χ3n) is 3.19. The predicted octanol–water partition coefficient (Wildman–Crippen LogP) is 3.69. The molecule has 1 N–H and O–H groups in total. The number of aromatic nitrogens is 1. The smallest absolute Gasteiger partial charge is 0.221 e. The quantitative estimate of drug-likeness (QED) is 0.796. The van der Waals surface area contributed by atoms with Crippen LogP contribution < -0.4 is 5.32 Å². The van der Waals surface area contributed by atoms with E-state index < -0.39 is 0 Å². The van der Waals surface area contributed by atoms with Gasteiger partial charge >= 0.3 is 0 Å². The average Bonchev–Trinajstić information content (AvgIpc) is 2.79. The highest BCUT2D eigenvalue weighted by Crippen LogP contribution is 2.20. The fraction of sp³-hybridized carbons (Fsp3) is 0.176. The van der Waals surface area contributed by atoms with Crippen molar-refractivity contribution in [1.29, 1.82) is 0 Å². The van der Waals surface area contributed by atoms with E-state index in [1.807, 2.05) is 49.4 Å². The average molecular weight is 280 g/mol. The monoisotopic (exact) mass is 280 g/mol. The van der Waals surface area contributed by atoms with Crippen molar-refractivity contribution >= 4 is 22.7 Å². The maximum absolute atomic E-state index is 11.1. The molecule has 3 aromatic rings. The molecule has 0 aliphatic heterocycles. The van der Waals surface area contributed by atoms with E-state index in [4.69, 9.17) is 4.42 Å². The molecule has 0 saturated heterocycles. The zero-order valence-electron chi connectivity index (χ0n) is 12.0. The number of hydrogen-bond donors (Lipinski definition) is 1. The second-order valence-electron chi connectivity index (χ2n) is 5.14. The van der Waals surface area contributed by atoms with Gasteiger partial charge in [0.25, 0.3) is 0 Å². The van der Waals surface area contributed by atoms with E-state index in [2.05, 4.69) is 10.3 Å². The molecule has 21 heavy (non-hydrogen) atoms. The van der Waals surface area contributed by atoms with Crippen molar-refractivity contribution in [2.45, 2.75) is 20.3 Å². The van der Waals surface area contributed by atoms with Gasteiger partial charge in [-0.25, -0.2) is 4.98 Å². The van der Waals surface area contributed by atoms with E-state index in [0.717, 1.165) is 27.9 Å². The summed E-state index contributed by atoms with van der Waals surface area (Å²) >= 11 is 0. The zero-order valence-corrected chi connectivity index (χ0v) is 12.0. The molecular formula is C17H16N2O2. The van der Waals surface area contributed by atoms with Crippen LogP contribution in [0.1, 0.15) is 23.9 Å². The van der Waals surface area contributed by atoms with Gasteiger partial charge in [0.15, 0.2) is 11.5 Å². The van der Waals surface area contributed by atoms with Gasteiger partial charge < -0.3 is 9.73 Å². The highest BCUT2D eigenvalue weighted by Gasteiger charge is 2.07. The van der Waals surface area contributed by atoms with Gasteiger partial charge in [-0.05, 0) is 42.3 Å². The van der Waals surface area contributed by atoms with Gasteiger partial charge in [0.1, 0.15) is 5.52 Å². The molecule has 2 aromatic carbocycles. The maximum Gasteiger partial charge on any atom is 0.221 e. The largest absolute Gasteiger partial charge is 0.440 e. The summed E-state index contributed by atoms with van der Waals surface area (Å²) in [5.41, 5.74) is 4.67. The highest BCUT2D eigenvalue weighted by molar-refractivity contribution is 5.88. The summed E-state index contributed by atoms with van der Waals surface area (Å²) in [5, 5.41) is 2.78. The Morgan fingerprint density at radius 1 is 1.24 bits per heavy atom. The minimum Gasteiger partial charge on any atom is -0.440 e. The Hall–Kier alpha value is -2.62. The van der Waals surface area contributed by atoms with E-state index in [0.29, 0.717) is 12.3 Å². The van der Waals surface area contributed by atoms with Gasteiger partial charge in [-0.1, -0.05) is 18.2 Å². The SMILES string of the molecule is CC(=O)Nc1cccc(Cc2nc3cc(C)ccc3o2)c1. The van der Waals surface area contributed by atoms with E-state index in [-0.39, 0.29) is 5.91 Å². The molecule has 0 atom stereocenters. The molecule has 4 nitrogen and oxygen atoms in total. The van der Waals surface area contributed by atoms with E-state index in [9.17, 15) is 4.79 Å². The number of amides is 1. The molecule has 106 valence electrons. The third-order valence-corrected chi connectivity index (χ3v) is 3.19. The van der Waals surface area contributed by atoms with Crippen molar-refractivity contribution in [3.8, 4) is 0 Å². The summed E-state index contributed by atoms with van der Waals surface area (Å²) in [6.07, 6.45) is 0.598. The number of hydrogen-bond acceptors (Lipinski definition) is 3. The molecule has 4 heteroatoms. The van der Waals surface area contributed by atoms with Crippen molar-refractivity contribution in [1.82, 2.24) is 4.98 Å². The molecule has 1 amide bonds. The number of carbonyl (C=O) groups is 1. The lowest BCUT2D eigenvalue weighted by molar-refractivity contribution is -0.114. The Bertz CT molecular complexity index is 805. The van der Waals surface area contributed by atoms with E-state index in [1.54, 1.807) is 0 Å². The Morgan fingerprint density at radius 2 is 2.10 bits per heavy atom. The van der Waals surface area contributed by atoms with E-state index >= 15 is 0 Å². The topological polar surface area (TPSA) is 55.1 Å². The summed E-state index contributed by atoms with van der Waals surface area (Å²) in [7, 11) is 0. The number of oxazole rings is 1. The van der Waals surface area contributed by atoms with Crippen LogP contribution in [0.4, 0.5) is 5.69 Å². The summed E-state index contributed by atoms with van der Waals surface area (Å²) in [5.74, 6) is 0.597. The fourth-order valence-corrected chi connectivity index (χ4v) is 2.30. The van der Waals surface area contributed by atoms with Crippen LogP contribution in [0.15, 0.2) is 46.9 Å². The van der Waals surface area contributed by atoms with Gasteiger partial charge in [0.05, 0.1) is 0 Å². The molecule has 1 aromatic heterocycles. The van der Waals surface area contributed by atoms with Crippen molar-refractivity contribution in [3.63, 3.8) is 0 Å². The molecule has 0 unspecified atom stereocenters. The van der Waals surface area contributed by atoms with Gasteiger partial charge in [0.2, 0.25) is 5.91 Å². The van der Waals surface area contributed by atoms with E-state index in [1.165, 1.54) is 6.92 Å². The Balaban J connectivity index is 1.86. The molecule has 0 radical (unpaired) electrons. The Labute approximate surface area is 122 Å². The summed E-state index contributed by atoms with van der Waals surface area (Å²) in [4.78, 5) is 15.6. The van der Waals surface area contributed by atoms with Crippen LogP contribution >= 0.6 is 0 Å². The van der Waals surface area contributed by atoms with Crippen LogP contribution in [0.2, 0.25) is 0 Å². The number of benzene rings is 2. The maximum atomic E-state index is 11.1. The first-order valence-electron chi connectivity index (χ1n) is 6.83. The zero-order chi connectivity index (χ0) is 14.8. The van der Waals surface area contributed by atoms with Crippen molar-refractivity contribution in [2.24, 2.45) is 0 Å². The minimum absolute atomic E-state index is 0.0792. The molecule has 0 bridgehead atoms. The van der Waals surface area contributed by atoms with Gasteiger partial charge in [-0.2, -0.15) is 0 Å². The van der Waals surface area contributed by atoms with Crippen molar-refractivity contribution < 1.29 is 9.21 Å². The third kappa shape index (κ3) is 3.11. The lowest BCUT2D eigenvalue weighted by atomic mass is 10.1. The summed E-state index contributed by atoms with van der Waals surface area (Å²) < 4.78 is 5.75. The Kier molecular flexibility index (Phi) is 3.44. The van der Waals surface area contributed by atoms with Crippen LogP contribution in [0.25, 0.3) is 11.1 Å². The summed E-state index contributed by atoms with van der Waals surface area (Å²) in [6, 6.07) is 13.7. The van der Waals surface area contributed by atoms with Gasteiger partial charge in [-0.3, -0.25) is 4.79 Å². The van der Waals surface area contributed by atoms with Gasteiger partial charge in [-0.15, -0.1) is 0 Å². The molecule has 0 fully saturated rings. The second kappa shape index (κ2) is 5.40. The van der Waals surface area contributed by atoms with Crippen LogP contribution in [0.5, 0.6) is 0 Å². The number of carbonyl (C=O) groups excluding carboxylic acids is 1. The molecule has 0 spiro atoms. The normalized spacial score (nSPS) is 10.8. The summed E-state index contributed by atoms with van der Waals surface area (Å²) in [6.45, 7) is 3.53. The van der Waals surface area contributed by atoms with Crippen molar-refractivity contribution in [3.05, 3.63) is 59.5 Å². The first-order valence-corrected chi connectivity index (χ1v) is 6.83. The molecule has 0 aliphatic carbocycles. The predicted molar refractivity (Wildman–Crippen MR) is 82.3 cm³/mol. The molecule has 3 rings (SSSR count). The van der Waals surface area contributed by atoms with Crippen LogP contribution in [0.3, 0.4) is 0 Å². The Morgan fingerprint density at radius 3 is 2.90 bits per heavy atom. The van der Waals surface area contributed by atoms with Crippen LogP contribution in [-0.2, 0) is 11.2 Å². The fourth-order valence-electron chi connectivity index (χ4n) is 2.30. The molecular weight excluding hydrogens is 264 g/mol. The molecule has 0 saturated carbocycles. The number of anilines is 1. The minimum atomic E-state index is -0.0792. The van der Waals surface area contributed by atoms with Crippen LogP contribution in [-0.4, -0.2) is 10.9 Å². The lowest BCUT2D eigenvalue weighted by Gasteiger charge is -2.03. The molecule has 0 aliphatic rings. The number of nitrogens with one attached hydrogen (secondary N) is 1. The van der Waals surface area contributed by atoms with Crippen LogP contribution in [0, 0.1) is 6.92 Å². The second-order valence-corrected chi connectivity index (χ2v) is 5.14. The number of aryl methyl sites for hydroxylation is 1. The number of fused-ring (bicyclic) bond motifs is 1. The van der Waals surface area contributed by atoms with Crippen molar-refractivity contribution in [2.75, 3.05) is 5.32 Å². The number of rotatable bonds is 3. The standard InChI is InChI=1S/C17H16N2O2/c1-11-6-7-16-15(8-11)19-17(21-16)10-13-4-3-5-14(9-13)18-12(2)20/h3-9H,10H2,1-2H3,(H,18,20). The first-order chi connectivity index (χ1) is 10.1. The first kappa shape index (κ1) is 13.4. The number of nitrogens with zero attached hydrogens (tertiary/aromatic N) is 1.